The fourth-order valence-electron chi connectivity index (χ4n) is 5.50. The summed E-state index contributed by atoms with van der Waals surface area (Å²) in [6.07, 6.45) is 3.75. The van der Waals surface area contributed by atoms with Gasteiger partial charge in [-0.1, -0.05) is 19.9 Å². The zero-order valence-electron chi connectivity index (χ0n) is 23.1. The Hall–Kier alpha value is -3.05. The number of halogens is 1. The highest BCUT2D eigenvalue weighted by molar-refractivity contribution is 7.90. The number of aliphatic hydroxyl groups is 1. The van der Waals surface area contributed by atoms with Gasteiger partial charge in [-0.3, -0.25) is 0 Å². The molecule has 2 N–H and O–H groups in total. The molecule has 4 atom stereocenters. The number of sulfone groups is 1. The van der Waals surface area contributed by atoms with E-state index in [1.807, 2.05) is 23.2 Å². The molecule has 0 unspecified atom stereocenters. The van der Waals surface area contributed by atoms with Crippen molar-refractivity contribution in [2.75, 3.05) is 46.8 Å². The van der Waals surface area contributed by atoms with Gasteiger partial charge in [0.25, 0.3) is 0 Å². The van der Waals surface area contributed by atoms with E-state index in [9.17, 15) is 17.9 Å². The molecular weight excluding hydrogens is 519 g/mol. The van der Waals surface area contributed by atoms with Crippen molar-refractivity contribution >= 4 is 43.9 Å². The van der Waals surface area contributed by atoms with E-state index >= 15 is 0 Å². The first-order valence-electron chi connectivity index (χ1n) is 13.4. The lowest BCUT2D eigenvalue weighted by Crippen LogP contribution is -2.57. The molecule has 2 saturated heterocycles. The number of hydrogen-bond donors (Lipinski definition) is 2. The zero-order chi connectivity index (χ0) is 28.1. The summed E-state index contributed by atoms with van der Waals surface area (Å²) in [4.78, 5) is 18.0. The molecule has 210 valence electrons. The van der Waals surface area contributed by atoms with Gasteiger partial charge >= 0.3 is 0 Å². The van der Waals surface area contributed by atoms with Crippen LogP contribution in [0.25, 0.3) is 10.9 Å². The minimum Gasteiger partial charge on any atom is -0.387 e. The number of alkyl halides is 1. The summed E-state index contributed by atoms with van der Waals surface area (Å²) in [6, 6.07) is 7.93. The first-order chi connectivity index (χ1) is 18.3. The third-order valence-electron chi connectivity index (χ3n) is 8.08. The second kappa shape index (κ2) is 10.2. The standard InChI is InChI=1S/C28H37FN6O3S/c1-17(2)21-6-7-23(35-14-19(18(35)3)16-39(5,37)38)22-13-31-27(33-26(21)22)32-20-8-10-30-25(12-20)34-11-9-28(4,36)24(29)15-34/h6-8,10,12-13,17-19,24,36H,9,11,14-16H2,1-5H3,(H,30,31,32,33)/t18-,19-,24+,28-/m1/s1. The molecule has 2 aliphatic rings. The summed E-state index contributed by atoms with van der Waals surface area (Å²) >= 11 is 0. The maximum Gasteiger partial charge on any atom is 0.227 e. The molecule has 39 heavy (non-hydrogen) atoms. The Balaban J connectivity index is 1.40. The molecule has 0 amide bonds. The van der Waals surface area contributed by atoms with E-state index in [-0.39, 0.29) is 30.2 Å². The topological polar surface area (TPSA) is 112 Å². The lowest BCUT2D eigenvalue weighted by atomic mass is 9.89. The van der Waals surface area contributed by atoms with Crippen LogP contribution >= 0.6 is 0 Å². The molecule has 2 aromatic heterocycles. The number of aromatic nitrogens is 3. The number of piperidine rings is 1. The van der Waals surface area contributed by atoms with Gasteiger partial charge in [0.2, 0.25) is 5.95 Å². The minimum absolute atomic E-state index is 0.0798. The average molecular weight is 557 g/mol. The smallest absolute Gasteiger partial charge is 0.227 e. The van der Waals surface area contributed by atoms with E-state index in [1.165, 1.54) is 13.2 Å². The van der Waals surface area contributed by atoms with E-state index in [4.69, 9.17) is 4.98 Å². The number of nitrogens with one attached hydrogen (secondary N) is 1. The normalized spacial score (nSPS) is 25.7. The molecule has 0 radical (unpaired) electrons. The summed E-state index contributed by atoms with van der Waals surface area (Å²) < 4.78 is 38.1. The van der Waals surface area contributed by atoms with Crippen molar-refractivity contribution in [2.24, 2.45) is 5.92 Å². The van der Waals surface area contributed by atoms with E-state index in [1.54, 1.807) is 6.20 Å². The Labute approximate surface area is 229 Å². The highest BCUT2D eigenvalue weighted by Crippen LogP contribution is 2.39. The van der Waals surface area contributed by atoms with Crippen molar-refractivity contribution in [3.63, 3.8) is 0 Å². The van der Waals surface area contributed by atoms with E-state index in [2.05, 4.69) is 53.1 Å². The van der Waals surface area contributed by atoms with Gasteiger partial charge in [0, 0.05) is 66.5 Å². The number of hydrogen-bond acceptors (Lipinski definition) is 9. The van der Waals surface area contributed by atoms with Gasteiger partial charge in [-0.25, -0.2) is 27.8 Å². The maximum atomic E-state index is 14.4. The van der Waals surface area contributed by atoms with Gasteiger partial charge in [-0.05, 0) is 43.9 Å². The lowest BCUT2D eigenvalue weighted by Gasteiger charge is -2.48. The van der Waals surface area contributed by atoms with Gasteiger partial charge in [-0.15, -0.1) is 0 Å². The quantitative estimate of drug-likeness (QED) is 0.445. The van der Waals surface area contributed by atoms with Crippen LogP contribution in [0.15, 0.2) is 36.7 Å². The van der Waals surface area contributed by atoms with Crippen LogP contribution in [0.5, 0.6) is 0 Å². The fraction of sp³-hybridized carbons (Fsp3) is 0.536. The fourth-order valence-corrected chi connectivity index (χ4v) is 6.66. The SMILES string of the molecule is CC(C)c1ccc(N2C[C@H](CS(C)(=O)=O)[C@H]2C)c2cnc(Nc3ccnc(N4CC[C@@](C)(O)[C@@H](F)C4)c3)nc12. The molecule has 0 aliphatic carbocycles. The van der Waals surface area contributed by atoms with Crippen LogP contribution in [-0.4, -0.2) is 77.9 Å². The molecule has 3 aromatic rings. The number of benzene rings is 1. The number of rotatable bonds is 7. The minimum atomic E-state index is -3.03. The van der Waals surface area contributed by atoms with Crippen LogP contribution < -0.4 is 15.1 Å². The summed E-state index contributed by atoms with van der Waals surface area (Å²) in [5.41, 5.74) is 2.37. The zero-order valence-corrected chi connectivity index (χ0v) is 23.9. The Morgan fingerprint density at radius 2 is 2.00 bits per heavy atom. The maximum absolute atomic E-state index is 14.4. The van der Waals surface area contributed by atoms with Gasteiger partial charge < -0.3 is 20.2 Å². The van der Waals surface area contributed by atoms with E-state index in [0.29, 0.717) is 31.3 Å². The summed E-state index contributed by atoms with van der Waals surface area (Å²) in [7, 11) is -3.03. The van der Waals surface area contributed by atoms with Crippen LogP contribution in [0.3, 0.4) is 0 Å². The van der Waals surface area contributed by atoms with Crippen molar-refractivity contribution in [3.05, 3.63) is 42.2 Å². The second-order valence-corrected chi connectivity index (χ2v) is 13.8. The van der Waals surface area contributed by atoms with Crippen LogP contribution in [0.4, 0.5) is 27.5 Å². The van der Waals surface area contributed by atoms with Crippen LogP contribution in [0.2, 0.25) is 0 Å². The molecule has 1 aromatic carbocycles. The Morgan fingerprint density at radius 3 is 2.67 bits per heavy atom. The number of nitrogens with zero attached hydrogens (tertiary/aromatic N) is 5. The number of pyridine rings is 1. The largest absolute Gasteiger partial charge is 0.387 e. The van der Waals surface area contributed by atoms with Gasteiger partial charge in [0.1, 0.15) is 21.8 Å². The van der Waals surface area contributed by atoms with Crippen molar-refractivity contribution in [3.8, 4) is 0 Å². The third kappa shape index (κ3) is 5.65. The van der Waals surface area contributed by atoms with Gasteiger partial charge in [0.15, 0.2) is 0 Å². The summed E-state index contributed by atoms with van der Waals surface area (Å²) in [5.74, 6) is 1.60. The van der Waals surface area contributed by atoms with Gasteiger partial charge in [0.05, 0.1) is 23.4 Å². The lowest BCUT2D eigenvalue weighted by molar-refractivity contribution is -0.0331. The van der Waals surface area contributed by atoms with Crippen LogP contribution in [-0.2, 0) is 9.84 Å². The molecule has 0 bridgehead atoms. The van der Waals surface area contributed by atoms with Gasteiger partial charge in [-0.2, -0.15) is 0 Å². The van der Waals surface area contributed by atoms with Crippen LogP contribution in [0.1, 0.15) is 45.6 Å². The molecule has 2 fully saturated rings. The van der Waals surface area contributed by atoms with Crippen molar-refractivity contribution in [1.82, 2.24) is 15.0 Å². The first kappa shape index (κ1) is 27.5. The molecule has 2 aliphatic heterocycles. The second-order valence-electron chi connectivity index (χ2n) is 11.6. The number of fused-ring (bicyclic) bond motifs is 1. The highest BCUT2D eigenvalue weighted by atomic mass is 32.2. The highest BCUT2D eigenvalue weighted by Gasteiger charge is 2.39. The molecule has 0 saturated carbocycles. The van der Waals surface area contributed by atoms with Crippen molar-refractivity contribution in [2.45, 2.75) is 57.8 Å². The van der Waals surface area contributed by atoms with E-state index < -0.39 is 21.6 Å². The third-order valence-corrected chi connectivity index (χ3v) is 9.11. The molecule has 0 spiro atoms. The Morgan fingerprint density at radius 1 is 1.23 bits per heavy atom. The first-order valence-corrected chi connectivity index (χ1v) is 15.5. The molecule has 9 nitrogen and oxygen atoms in total. The summed E-state index contributed by atoms with van der Waals surface area (Å²) in [5, 5.41) is 14.4. The molecule has 11 heteroatoms. The predicted octanol–water partition coefficient (Wildman–Crippen LogP) is 4.06. The molecule has 4 heterocycles. The van der Waals surface area contributed by atoms with E-state index in [0.717, 1.165) is 27.8 Å². The van der Waals surface area contributed by atoms with Crippen LogP contribution in [0, 0.1) is 5.92 Å². The Bertz CT molecular complexity index is 1480. The molecule has 5 rings (SSSR count). The Kier molecular flexibility index (Phi) is 7.17. The number of anilines is 4. The summed E-state index contributed by atoms with van der Waals surface area (Å²) in [6.45, 7) is 9.12. The molecular formula is C28H37FN6O3S. The van der Waals surface area contributed by atoms with Crippen molar-refractivity contribution < 1.29 is 17.9 Å². The van der Waals surface area contributed by atoms with Crippen molar-refractivity contribution in [1.29, 1.82) is 0 Å². The predicted molar refractivity (Wildman–Crippen MR) is 154 cm³/mol. The monoisotopic (exact) mass is 556 g/mol. The average Bonchev–Trinajstić information content (AvgIpc) is 2.86.